The van der Waals surface area contributed by atoms with Gasteiger partial charge in [-0.1, -0.05) is 54.8 Å². The molecule has 25 heavy (non-hydrogen) atoms. The fourth-order valence-corrected chi connectivity index (χ4v) is 2.74. The van der Waals surface area contributed by atoms with Crippen molar-refractivity contribution < 1.29 is 4.79 Å². The number of rotatable bonds is 10. The third kappa shape index (κ3) is 7.16. The summed E-state index contributed by atoms with van der Waals surface area (Å²) in [7, 11) is 0. The summed E-state index contributed by atoms with van der Waals surface area (Å²) in [5, 5.41) is 6.93. The molecule has 0 aliphatic rings. The third-order valence-corrected chi connectivity index (χ3v) is 4.17. The Morgan fingerprint density at radius 1 is 0.960 bits per heavy atom. The smallest absolute Gasteiger partial charge is 0.224 e. The number of unbranched alkanes of at least 4 members (excludes halogenated alkanes) is 3. The number of hydrogen-bond donors (Lipinski definition) is 3. The molecule has 0 bridgehead atoms. The number of nitrogens with two attached hydrogens (primary N) is 1. The predicted molar refractivity (Wildman–Crippen MR) is 106 cm³/mol. The van der Waals surface area contributed by atoms with E-state index in [0.29, 0.717) is 24.5 Å². The van der Waals surface area contributed by atoms with Gasteiger partial charge in [0.1, 0.15) is 0 Å². The summed E-state index contributed by atoms with van der Waals surface area (Å²) in [6.07, 6.45) is 4.50. The van der Waals surface area contributed by atoms with Gasteiger partial charge in [-0.2, -0.15) is 0 Å². The van der Waals surface area contributed by atoms with Gasteiger partial charge >= 0.3 is 0 Å². The van der Waals surface area contributed by atoms with Gasteiger partial charge in [0.15, 0.2) is 0 Å². The molecule has 0 aliphatic carbocycles. The highest BCUT2D eigenvalue weighted by Crippen LogP contribution is 2.26. The summed E-state index contributed by atoms with van der Waals surface area (Å²) in [6, 6.07) is 15.6. The summed E-state index contributed by atoms with van der Waals surface area (Å²) in [4.78, 5) is 12.2. The molecule has 0 fully saturated rings. The molecule has 0 saturated carbocycles. The van der Waals surface area contributed by atoms with Gasteiger partial charge in [-0.15, -0.1) is 0 Å². The Bertz CT molecular complexity index is 661. The molecule has 4 N–H and O–H groups in total. The van der Waals surface area contributed by atoms with Crippen molar-refractivity contribution in [1.82, 2.24) is 0 Å². The highest BCUT2D eigenvalue weighted by atomic mass is 35.5. The van der Waals surface area contributed by atoms with Gasteiger partial charge in [-0.05, 0) is 43.1 Å². The fraction of sp³-hybridized carbons (Fsp3) is 0.350. The van der Waals surface area contributed by atoms with E-state index in [9.17, 15) is 4.79 Å². The lowest BCUT2D eigenvalue weighted by Gasteiger charge is -2.14. The van der Waals surface area contributed by atoms with Crippen molar-refractivity contribution >= 4 is 28.9 Å². The van der Waals surface area contributed by atoms with E-state index in [2.05, 4.69) is 22.8 Å². The molecule has 4 nitrogen and oxygen atoms in total. The van der Waals surface area contributed by atoms with Crippen molar-refractivity contribution in [3.8, 4) is 0 Å². The third-order valence-electron chi connectivity index (χ3n) is 3.94. The van der Waals surface area contributed by atoms with E-state index in [1.807, 2.05) is 30.3 Å². The second kappa shape index (κ2) is 10.7. The van der Waals surface area contributed by atoms with E-state index in [0.717, 1.165) is 37.1 Å². The number of halogens is 1. The Morgan fingerprint density at radius 2 is 1.72 bits per heavy atom. The number of carbonyl (C=O) groups is 1. The minimum Gasteiger partial charge on any atom is -0.379 e. The highest BCUT2D eigenvalue weighted by molar-refractivity contribution is 6.31. The van der Waals surface area contributed by atoms with Crippen LogP contribution in [0, 0.1) is 0 Å². The van der Waals surface area contributed by atoms with E-state index in [4.69, 9.17) is 17.3 Å². The lowest BCUT2D eigenvalue weighted by Crippen LogP contribution is -2.13. The van der Waals surface area contributed by atoms with Gasteiger partial charge in [0.25, 0.3) is 0 Å². The summed E-state index contributed by atoms with van der Waals surface area (Å²) >= 11 is 6.09. The van der Waals surface area contributed by atoms with Gasteiger partial charge in [-0.25, -0.2) is 0 Å². The quantitative estimate of drug-likeness (QED) is 0.534. The lowest BCUT2D eigenvalue weighted by molar-refractivity contribution is -0.116. The van der Waals surface area contributed by atoms with Crippen LogP contribution in [-0.4, -0.2) is 12.5 Å². The molecule has 0 radical (unpaired) electrons. The highest BCUT2D eigenvalue weighted by Gasteiger charge is 2.08. The average molecular weight is 360 g/mol. The Labute approximate surface area is 154 Å². The second-order valence-electron chi connectivity index (χ2n) is 6.03. The van der Waals surface area contributed by atoms with Crippen LogP contribution >= 0.6 is 11.6 Å². The number of carbonyl (C=O) groups excluding carboxylic acids is 1. The second-order valence-corrected chi connectivity index (χ2v) is 6.47. The van der Waals surface area contributed by atoms with Gasteiger partial charge < -0.3 is 16.4 Å². The van der Waals surface area contributed by atoms with Gasteiger partial charge in [0, 0.05) is 18.0 Å². The van der Waals surface area contributed by atoms with Crippen LogP contribution in [0.4, 0.5) is 11.4 Å². The topological polar surface area (TPSA) is 67.2 Å². The first-order chi connectivity index (χ1) is 12.2. The maximum atomic E-state index is 12.2. The average Bonchev–Trinajstić information content (AvgIpc) is 2.62. The van der Waals surface area contributed by atoms with E-state index in [1.54, 1.807) is 6.07 Å². The van der Waals surface area contributed by atoms with Crippen LogP contribution in [0.3, 0.4) is 0 Å². The summed E-state index contributed by atoms with van der Waals surface area (Å²) < 4.78 is 0. The van der Waals surface area contributed by atoms with Crippen molar-refractivity contribution in [3.63, 3.8) is 0 Å². The minimum atomic E-state index is 0.0118. The molecule has 2 aromatic rings. The van der Waals surface area contributed by atoms with E-state index in [1.165, 1.54) is 5.56 Å². The zero-order valence-electron chi connectivity index (χ0n) is 14.4. The normalized spacial score (nSPS) is 10.5. The molecule has 2 aromatic carbocycles. The van der Waals surface area contributed by atoms with Crippen molar-refractivity contribution in [3.05, 3.63) is 59.1 Å². The van der Waals surface area contributed by atoms with Crippen LogP contribution < -0.4 is 16.4 Å². The first-order valence-electron chi connectivity index (χ1n) is 8.76. The van der Waals surface area contributed by atoms with Crippen LogP contribution in [-0.2, 0) is 11.3 Å². The Hall–Kier alpha value is -2.04. The Balaban J connectivity index is 1.90. The van der Waals surface area contributed by atoms with Crippen LogP contribution in [0.2, 0.25) is 5.02 Å². The number of nitrogens with one attached hydrogen (secondary N) is 2. The summed E-state index contributed by atoms with van der Waals surface area (Å²) in [5.41, 5.74) is 8.23. The first-order valence-corrected chi connectivity index (χ1v) is 9.14. The molecule has 5 heteroatoms. The number of amides is 1. The minimum absolute atomic E-state index is 0.0118. The van der Waals surface area contributed by atoms with Gasteiger partial charge in [-0.3, -0.25) is 4.79 Å². The fourth-order valence-electron chi connectivity index (χ4n) is 2.56. The largest absolute Gasteiger partial charge is 0.379 e. The number of anilines is 2. The molecule has 0 heterocycles. The molecule has 0 spiro atoms. The SMILES string of the molecule is NCCCCCCC(=O)Nc1cc(Cl)ccc1NCc1ccccc1. The van der Waals surface area contributed by atoms with Crippen molar-refractivity contribution in [2.24, 2.45) is 5.73 Å². The van der Waals surface area contributed by atoms with Crippen molar-refractivity contribution in [2.45, 2.75) is 38.6 Å². The predicted octanol–water partition coefficient (Wildman–Crippen LogP) is 4.80. The molecule has 0 aromatic heterocycles. The standard InChI is InChI=1S/C20H26ClN3O/c21-17-11-12-18(23-15-16-8-4-3-5-9-16)19(14-17)24-20(25)10-6-1-2-7-13-22/h3-5,8-9,11-12,14,23H,1-2,6-7,10,13,15,22H2,(H,24,25). The van der Waals surface area contributed by atoms with Crippen molar-refractivity contribution in [1.29, 1.82) is 0 Å². The van der Waals surface area contributed by atoms with Gasteiger partial charge in [0.05, 0.1) is 11.4 Å². The zero-order valence-corrected chi connectivity index (χ0v) is 15.2. The molecule has 1 amide bonds. The van der Waals surface area contributed by atoms with E-state index in [-0.39, 0.29) is 5.91 Å². The molecule has 134 valence electrons. The number of hydrogen-bond acceptors (Lipinski definition) is 3. The molecule has 0 unspecified atom stereocenters. The monoisotopic (exact) mass is 359 g/mol. The van der Waals surface area contributed by atoms with Crippen molar-refractivity contribution in [2.75, 3.05) is 17.2 Å². The summed E-state index contributed by atoms with van der Waals surface area (Å²) in [5.74, 6) is 0.0118. The van der Waals surface area contributed by atoms with Crippen LogP contribution in [0.15, 0.2) is 48.5 Å². The van der Waals surface area contributed by atoms with Crippen LogP contribution in [0.5, 0.6) is 0 Å². The lowest BCUT2D eigenvalue weighted by atomic mass is 10.1. The molecule has 0 aliphatic heterocycles. The van der Waals surface area contributed by atoms with Gasteiger partial charge in [0.2, 0.25) is 5.91 Å². The van der Waals surface area contributed by atoms with E-state index >= 15 is 0 Å². The van der Waals surface area contributed by atoms with Crippen LogP contribution in [0.1, 0.15) is 37.7 Å². The molecule has 2 rings (SSSR count). The molecule has 0 atom stereocenters. The summed E-state index contributed by atoms with van der Waals surface area (Å²) in [6.45, 7) is 1.40. The maximum Gasteiger partial charge on any atom is 0.224 e. The molecule has 0 saturated heterocycles. The van der Waals surface area contributed by atoms with E-state index < -0.39 is 0 Å². The molecular weight excluding hydrogens is 334 g/mol. The maximum absolute atomic E-state index is 12.2. The molecular formula is C20H26ClN3O. The van der Waals surface area contributed by atoms with Crippen LogP contribution in [0.25, 0.3) is 0 Å². The first kappa shape index (κ1) is 19.3. The Kier molecular flexibility index (Phi) is 8.29. The Morgan fingerprint density at radius 3 is 2.48 bits per heavy atom. The zero-order chi connectivity index (χ0) is 17.9. The number of benzene rings is 2.